The van der Waals surface area contributed by atoms with Gasteiger partial charge in [0, 0.05) is 18.3 Å². The van der Waals surface area contributed by atoms with Crippen molar-refractivity contribution in [2.24, 2.45) is 5.92 Å². The van der Waals surface area contributed by atoms with Gasteiger partial charge in [-0.25, -0.2) is 4.79 Å². The zero-order chi connectivity index (χ0) is 27.7. The number of aromatic carboxylic acids is 1. The molecule has 5 rings (SSSR count). The van der Waals surface area contributed by atoms with Gasteiger partial charge in [0.2, 0.25) is 0 Å². The molecule has 198 valence electrons. The maximum atomic E-state index is 12.9. The summed E-state index contributed by atoms with van der Waals surface area (Å²) >= 11 is 0. The molecule has 0 aliphatic heterocycles. The number of carboxylic acids is 1. The Bertz CT molecular complexity index is 1590. The average molecular weight is 523 g/mol. The van der Waals surface area contributed by atoms with Crippen molar-refractivity contribution >= 4 is 23.5 Å². The normalized spacial score (nSPS) is 16.7. The van der Waals surface area contributed by atoms with E-state index in [4.69, 9.17) is 9.63 Å². The summed E-state index contributed by atoms with van der Waals surface area (Å²) < 4.78 is 5.50. The third-order valence-corrected chi connectivity index (χ3v) is 7.41. The van der Waals surface area contributed by atoms with E-state index in [0.29, 0.717) is 29.2 Å². The van der Waals surface area contributed by atoms with Crippen LogP contribution in [0.1, 0.15) is 81.0 Å². The molecule has 2 unspecified atom stereocenters. The fraction of sp³-hybridized carbons (Fsp3) is 0.258. The predicted octanol–water partition coefficient (Wildman–Crippen LogP) is 6.06. The first-order valence-electron chi connectivity index (χ1n) is 12.9. The van der Waals surface area contributed by atoms with E-state index in [1.54, 1.807) is 18.3 Å². The van der Waals surface area contributed by atoms with Crippen molar-refractivity contribution in [3.63, 3.8) is 0 Å². The lowest BCUT2D eigenvalue weighted by Gasteiger charge is -2.20. The fourth-order valence-corrected chi connectivity index (χ4v) is 4.93. The number of hydrogen-bond acceptors (Lipinski definition) is 6. The maximum Gasteiger partial charge on any atom is 0.335 e. The highest BCUT2D eigenvalue weighted by Crippen LogP contribution is 2.40. The van der Waals surface area contributed by atoms with Crippen LogP contribution in [-0.4, -0.2) is 32.1 Å². The van der Waals surface area contributed by atoms with Crippen LogP contribution in [0.2, 0.25) is 0 Å². The minimum atomic E-state index is -0.986. The first-order valence-corrected chi connectivity index (χ1v) is 12.9. The number of nitrogens with zero attached hydrogens (tertiary/aromatic N) is 3. The van der Waals surface area contributed by atoms with Crippen LogP contribution in [0.5, 0.6) is 0 Å². The van der Waals surface area contributed by atoms with E-state index in [0.717, 1.165) is 39.8 Å². The summed E-state index contributed by atoms with van der Waals surface area (Å²) in [6.07, 6.45) is 4.70. The number of aromatic nitrogens is 3. The van der Waals surface area contributed by atoms with E-state index in [1.165, 1.54) is 17.7 Å². The number of carbonyl (C=O) groups is 2. The van der Waals surface area contributed by atoms with Crippen LogP contribution in [0.25, 0.3) is 22.8 Å². The molecule has 0 saturated carbocycles. The summed E-state index contributed by atoms with van der Waals surface area (Å²) in [4.78, 5) is 32.8. The zero-order valence-electron chi connectivity index (χ0n) is 22.4. The number of carboxylic acid groups (broad SMARTS) is 1. The van der Waals surface area contributed by atoms with Crippen molar-refractivity contribution in [1.29, 1.82) is 0 Å². The van der Waals surface area contributed by atoms with Gasteiger partial charge in [0.05, 0.1) is 5.56 Å². The van der Waals surface area contributed by atoms with Gasteiger partial charge in [-0.3, -0.25) is 9.78 Å². The smallest absolute Gasteiger partial charge is 0.335 e. The minimum absolute atomic E-state index is 0.202. The lowest BCUT2D eigenvalue weighted by atomic mass is 9.85. The van der Waals surface area contributed by atoms with Gasteiger partial charge >= 0.3 is 5.97 Å². The molecule has 2 aromatic carbocycles. The van der Waals surface area contributed by atoms with Crippen LogP contribution in [-0.2, 0) is 6.54 Å². The Hall–Kier alpha value is -4.59. The lowest BCUT2D eigenvalue weighted by molar-refractivity contribution is 0.0696. The average Bonchev–Trinajstić information content (AvgIpc) is 3.32. The lowest BCUT2D eigenvalue weighted by Crippen LogP contribution is -2.24. The highest BCUT2D eigenvalue weighted by molar-refractivity contribution is 5.94. The number of fused-ring (bicyclic) bond motifs is 1. The number of pyridine rings is 1. The monoisotopic (exact) mass is 522 g/mol. The van der Waals surface area contributed by atoms with E-state index in [-0.39, 0.29) is 18.0 Å². The van der Waals surface area contributed by atoms with Gasteiger partial charge in [-0.1, -0.05) is 43.3 Å². The second-order valence-electron chi connectivity index (χ2n) is 10.2. The molecule has 2 N–H and O–H groups in total. The molecule has 8 heteroatoms. The highest BCUT2D eigenvalue weighted by atomic mass is 16.5. The molecule has 0 fully saturated rings. The molecular weight excluding hydrogens is 492 g/mol. The molecule has 2 aromatic heterocycles. The number of carbonyl (C=O) groups excluding carboxylic acids is 1. The Morgan fingerprint density at radius 3 is 2.54 bits per heavy atom. The van der Waals surface area contributed by atoms with Gasteiger partial charge in [-0.2, -0.15) is 4.98 Å². The van der Waals surface area contributed by atoms with Crippen LogP contribution in [0.15, 0.2) is 59.3 Å². The summed E-state index contributed by atoms with van der Waals surface area (Å²) in [7, 11) is 0. The zero-order valence-corrected chi connectivity index (χ0v) is 22.4. The number of rotatable bonds is 6. The molecule has 39 heavy (non-hydrogen) atoms. The number of benzene rings is 2. The molecule has 1 aliphatic rings. The number of aryl methyl sites for hydroxylation is 2. The topological polar surface area (TPSA) is 118 Å². The SMILES string of the molecule is Cc1noc(C2=Cc3cc(-c4cc(C(=O)NCc5ccc(C(=O)O)cc5)ncc4C)ccc3C(C)C(C)C2)n1. The fourth-order valence-electron chi connectivity index (χ4n) is 4.93. The summed E-state index contributed by atoms with van der Waals surface area (Å²) in [6, 6.07) is 14.7. The Morgan fingerprint density at radius 1 is 1.08 bits per heavy atom. The van der Waals surface area contributed by atoms with Gasteiger partial charge in [0.25, 0.3) is 11.8 Å². The number of nitrogens with one attached hydrogen (secondary N) is 1. The molecule has 0 radical (unpaired) electrons. The van der Waals surface area contributed by atoms with Crippen LogP contribution in [0, 0.1) is 19.8 Å². The number of amides is 1. The molecule has 0 saturated heterocycles. The third kappa shape index (κ3) is 5.50. The quantitative estimate of drug-likeness (QED) is 0.316. The molecule has 0 bridgehead atoms. The minimum Gasteiger partial charge on any atom is -0.478 e. The molecule has 8 nitrogen and oxygen atoms in total. The predicted molar refractivity (Wildman–Crippen MR) is 148 cm³/mol. The first-order chi connectivity index (χ1) is 18.7. The largest absolute Gasteiger partial charge is 0.478 e. The van der Waals surface area contributed by atoms with Gasteiger partial charge in [-0.05, 0) is 95.8 Å². The third-order valence-electron chi connectivity index (χ3n) is 7.41. The molecule has 1 aliphatic carbocycles. The molecule has 0 spiro atoms. The molecular formula is C31H30N4O4. The Labute approximate surface area is 226 Å². The van der Waals surface area contributed by atoms with Crippen molar-refractivity contribution in [2.45, 2.75) is 46.6 Å². The van der Waals surface area contributed by atoms with Crippen molar-refractivity contribution in [3.05, 3.63) is 100.0 Å². The summed E-state index contributed by atoms with van der Waals surface area (Å²) in [5.74, 6) is 0.622. The highest BCUT2D eigenvalue weighted by Gasteiger charge is 2.25. The van der Waals surface area contributed by atoms with Crippen LogP contribution < -0.4 is 5.32 Å². The van der Waals surface area contributed by atoms with Gasteiger partial charge in [-0.15, -0.1) is 0 Å². The van der Waals surface area contributed by atoms with E-state index < -0.39 is 5.97 Å². The molecule has 4 aromatic rings. The van der Waals surface area contributed by atoms with Gasteiger partial charge in [0.1, 0.15) is 5.69 Å². The van der Waals surface area contributed by atoms with Crippen molar-refractivity contribution in [3.8, 4) is 11.1 Å². The summed E-state index contributed by atoms with van der Waals surface area (Å²) in [6.45, 7) is 8.54. The van der Waals surface area contributed by atoms with Crippen LogP contribution in [0.4, 0.5) is 0 Å². The summed E-state index contributed by atoms with van der Waals surface area (Å²) in [5, 5.41) is 15.9. The molecule has 2 atom stereocenters. The van der Waals surface area contributed by atoms with E-state index in [1.807, 2.05) is 19.9 Å². The Balaban J connectivity index is 1.43. The van der Waals surface area contributed by atoms with Crippen molar-refractivity contribution in [1.82, 2.24) is 20.4 Å². The number of hydrogen-bond donors (Lipinski definition) is 2. The summed E-state index contributed by atoms with van der Waals surface area (Å²) in [5.41, 5.74) is 7.58. The first kappa shape index (κ1) is 26.0. The van der Waals surface area contributed by atoms with E-state index in [9.17, 15) is 9.59 Å². The maximum absolute atomic E-state index is 12.9. The van der Waals surface area contributed by atoms with Crippen molar-refractivity contribution in [2.75, 3.05) is 0 Å². The van der Waals surface area contributed by atoms with Gasteiger partial charge in [0.15, 0.2) is 5.82 Å². The van der Waals surface area contributed by atoms with Crippen LogP contribution >= 0.6 is 0 Å². The second kappa shape index (κ2) is 10.6. The van der Waals surface area contributed by atoms with Crippen LogP contribution in [0.3, 0.4) is 0 Å². The van der Waals surface area contributed by atoms with Crippen molar-refractivity contribution < 1.29 is 19.2 Å². The Kier molecular flexibility index (Phi) is 7.11. The van der Waals surface area contributed by atoms with Gasteiger partial charge < -0.3 is 14.9 Å². The second-order valence-corrected chi connectivity index (χ2v) is 10.2. The standard InChI is InChI=1S/C31H30N4O4/c1-17-11-25(30-34-20(4)35-39-30)13-24-12-23(9-10-26(24)19(17)3)27-14-28(32-15-18(27)2)29(36)33-16-21-5-7-22(8-6-21)31(37)38/h5-10,12-15,17,19H,11,16H2,1-4H3,(H,33,36)(H,37,38). The molecule has 1 amide bonds. The molecule has 2 heterocycles. The van der Waals surface area contributed by atoms with E-state index >= 15 is 0 Å². The Morgan fingerprint density at radius 2 is 1.85 bits per heavy atom. The van der Waals surface area contributed by atoms with E-state index in [2.05, 4.69) is 58.6 Å². The number of allylic oxidation sites excluding steroid dienone is 1.